The molecule has 31 heavy (non-hydrogen) atoms. The highest BCUT2D eigenvalue weighted by atomic mass is 16.5. The molecule has 2 aromatic carbocycles. The quantitative estimate of drug-likeness (QED) is 0.585. The Kier molecular flexibility index (Phi) is 5.33. The number of hydrogen-bond acceptors (Lipinski definition) is 7. The molecule has 0 radical (unpaired) electrons. The van der Waals surface area contributed by atoms with Gasteiger partial charge in [0, 0.05) is 31.7 Å². The predicted octanol–water partition coefficient (Wildman–Crippen LogP) is 1.92. The molecule has 1 aliphatic rings. The maximum atomic E-state index is 13.0. The number of H-pyrrole nitrogens is 1. The first kappa shape index (κ1) is 20.4. The Bertz CT molecular complexity index is 1200. The largest absolute Gasteiger partial charge is 0.504 e. The fourth-order valence-corrected chi connectivity index (χ4v) is 3.87. The second-order valence-corrected chi connectivity index (χ2v) is 7.20. The summed E-state index contributed by atoms with van der Waals surface area (Å²) in [6.07, 6.45) is 0. The first-order valence-electron chi connectivity index (χ1n) is 9.77. The number of nitrogens with zero attached hydrogens (tertiary/aromatic N) is 2. The Morgan fingerprint density at radius 3 is 2.35 bits per heavy atom. The van der Waals surface area contributed by atoms with E-state index in [0.29, 0.717) is 59.8 Å². The lowest BCUT2D eigenvalue weighted by Crippen LogP contribution is -2.48. The van der Waals surface area contributed by atoms with E-state index in [1.807, 2.05) is 11.0 Å². The summed E-state index contributed by atoms with van der Waals surface area (Å²) in [4.78, 5) is 31.0. The smallest absolute Gasteiger partial charge is 0.294 e. The van der Waals surface area contributed by atoms with Crippen molar-refractivity contribution in [1.82, 2.24) is 9.88 Å². The summed E-state index contributed by atoms with van der Waals surface area (Å²) in [5, 5.41) is 20.6. The fraction of sp³-hybridized carbons (Fsp3) is 0.273. The van der Waals surface area contributed by atoms with E-state index < -0.39 is 17.1 Å². The van der Waals surface area contributed by atoms with Gasteiger partial charge in [-0.15, -0.1) is 0 Å². The van der Waals surface area contributed by atoms with Crippen molar-refractivity contribution < 1.29 is 24.5 Å². The van der Waals surface area contributed by atoms with E-state index in [1.165, 1.54) is 7.11 Å². The molecule has 9 heteroatoms. The lowest BCUT2D eigenvalue weighted by Gasteiger charge is -2.36. The second-order valence-electron chi connectivity index (χ2n) is 7.20. The first-order chi connectivity index (χ1) is 14.9. The molecule has 0 bridgehead atoms. The summed E-state index contributed by atoms with van der Waals surface area (Å²) in [6, 6.07) is 10.3. The third-order valence-electron chi connectivity index (χ3n) is 5.50. The molecule has 1 saturated heterocycles. The van der Waals surface area contributed by atoms with E-state index in [4.69, 9.17) is 9.47 Å². The number of aromatic nitrogens is 1. The number of hydrogen-bond donors (Lipinski definition) is 3. The number of aromatic hydroxyl groups is 2. The fourth-order valence-electron chi connectivity index (χ4n) is 3.87. The SMILES string of the molecule is COc1ccc(C(=O)N2CCN(c3cccc4[nH]c(=O)c(O)c(O)c34)CC2)cc1OC. The number of ether oxygens (including phenoxy) is 2. The second kappa shape index (κ2) is 8.10. The average molecular weight is 425 g/mol. The molecule has 0 spiro atoms. The van der Waals surface area contributed by atoms with Crippen LogP contribution in [0.25, 0.3) is 10.9 Å². The molecule has 1 aliphatic heterocycles. The zero-order chi connectivity index (χ0) is 22.1. The summed E-state index contributed by atoms with van der Waals surface area (Å²) in [5.74, 6) is -0.211. The monoisotopic (exact) mass is 425 g/mol. The van der Waals surface area contributed by atoms with Crippen LogP contribution in [-0.4, -0.2) is 66.4 Å². The van der Waals surface area contributed by atoms with Gasteiger partial charge in [0.15, 0.2) is 17.2 Å². The normalized spacial score (nSPS) is 14.0. The molecule has 0 unspecified atom stereocenters. The Labute approximate surface area is 178 Å². The third kappa shape index (κ3) is 3.58. The number of piperazine rings is 1. The number of aromatic amines is 1. The van der Waals surface area contributed by atoms with Crippen molar-refractivity contribution in [1.29, 1.82) is 0 Å². The standard InChI is InChI=1S/C22H23N3O6/c1-30-16-7-6-13(12-17(16)31-2)22(29)25-10-8-24(9-11-25)15-5-3-4-14-18(15)19(26)20(27)21(28)23-14/h3-7,12,27H,8-11H2,1-2H3,(H2,23,26,28). The van der Waals surface area contributed by atoms with E-state index in [2.05, 4.69) is 4.98 Å². The molecular formula is C22H23N3O6. The van der Waals surface area contributed by atoms with Crippen molar-refractivity contribution in [2.24, 2.45) is 0 Å². The highest BCUT2D eigenvalue weighted by Gasteiger charge is 2.25. The summed E-state index contributed by atoms with van der Waals surface area (Å²) in [6.45, 7) is 1.99. The molecule has 0 aliphatic carbocycles. The van der Waals surface area contributed by atoms with Crippen molar-refractivity contribution in [3.63, 3.8) is 0 Å². The molecule has 0 atom stereocenters. The number of amides is 1. The average Bonchev–Trinajstić information content (AvgIpc) is 2.81. The molecule has 4 rings (SSSR count). The summed E-state index contributed by atoms with van der Waals surface area (Å²) in [5.41, 5.74) is 0.880. The Morgan fingerprint density at radius 2 is 1.68 bits per heavy atom. The van der Waals surface area contributed by atoms with Crippen LogP contribution in [0.5, 0.6) is 23.0 Å². The van der Waals surface area contributed by atoms with Crippen LogP contribution in [0.15, 0.2) is 41.2 Å². The Morgan fingerprint density at radius 1 is 0.968 bits per heavy atom. The molecule has 9 nitrogen and oxygen atoms in total. The molecular weight excluding hydrogens is 402 g/mol. The molecule has 1 fully saturated rings. The number of anilines is 1. The van der Waals surface area contributed by atoms with Crippen LogP contribution in [-0.2, 0) is 0 Å². The molecule has 0 saturated carbocycles. The zero-order valence-electron chi connectivity index (χ0n) is 17.2. The van der Waals surface area contributed by atoms with Gasteiger partial charge < -0.3 is 34.5 Å². The van der Waals surface area contributed by atoms with Crippen LogP contribution < -0.4 is 19.9 Å². The molecule has 1 aromatic heterocycles. The number of methoxy groups -OCH3 is 2. The van der Waals surface area contributed by atoms with E-state index in [1.54, 1.807) is 42.3 Å². The Hall–Kier alpha value is -3.88. The van der Waals surface area contributed by atoms with Crippen LogP contribution in [0, 0.1) is 0 Å². The van der Waals surface area contributed by atoms with E-state index >= 15 is 0 Å². The van der Waals surface area contributed by atoms with Crippen LogP contribution in [0.3, 0.4) is 0 Å². The number of carbonyl (C=O) groups excluding carboxylic acids is 1. The highest BCUT2D eigenvalue weighted by molar-refractivity contribution is 5.98. The number of nitrogens with one attached hydrogen (secondary N) is 1. The van der Waals surface area contributed by atoms with Crippen molar-refractivity contribution in [2.45, 2.75) is 0 Å². The molecule has 3 aromatic rings. The van der Waals surface area contributed by atoms with Crippen molar-refractivity contribution >= 4 is 22.5 Å². The first-order valence-corrected chi connectivity index (χ1v) is 9.77. The summed E-state index contributed by atoms with van der Waals surface area (Å²) >= 11 is 0. The predicted molar refractivity (Wildman–Crippen MR) is 116 cm³/mol. The minimum Gasteiger partial charge on any atom is -0.504 e. The van der Waals surface area contributed by atoms with Gasteiger partial charge in [-0.05, 0) is 30.3 Å². The minimum atomic E-state index is -0.743. The molecule has 162 valence electrons. The summed E-state index contributed by atoms with van der Waals surface area (Å²) in [7, 11) is 3.06. The maximum absolute atomic E-state index is 13.0. The van der Waals surface area contributed by atoms with E-state index in [0.717, 1.165) is 0 Å². The van der Waals surface area contributed by atoms with Gasteiger partial charge in [-0.25, -0.2) is 0 Å². The lowest BCUT2D eigenvalue weighted by molar-refractivity contribution is 0.0746. The van der Waals surface area contributed by atoms with Crippen LogP contribution in [0.2, 0.25) is 0 Å². The van der Waals surface area contributed by atoms with Crippen molar-refractivity contribution in [3.8, 4) is 23.0 Å². The Balaban J connectivity index is 1.55. The topological polar surface area (TPSA) is 115 Å². The van der Waals surface area contributed by atoms with Gasteiger partial charge in [-0.3, -0.25) is 9.59 Å². The van der Waals surface area contributed by atoms with E-state index in [-0.39, 0.29) is 5.91 Å². The third-order valence-corrected chi connectivity index (χ3v) is 5.50. The van der Waals surface area contributed by atoms with Gasteiger partial charge in [0.05, 0.1) is 30.8 Å². The van der Waals surface area contributed by atoms with Gasteiger partial charge >= 0.3 is 0 Å². The van der Waals surface area contributed by atoms with Gasteiger partial charge in [0.2, 0.25) is 5.75 Å². The highest BCUT2D eigenvalue weighted by Crippen LogP contribution is 2.37. The van der Waals surface area contributed by atoms with E-state index in [9.17, 15) is 19.8 Å². The molecule has 1 amide bonds. The minimum absolute atomic E-state index is 0.108. The number of carbonyl (C=O) groups is 1. The number of benzene rings is 2. The van der Waals surface area contributed by atoms with Gasteiger partial charge in [0.1, 0.15) is 0 Å². The summed E-state index contributed by atoms with van der Waals surface area (Å²) < 4.78 is 10.5. The van der Waals surface area contributed by atoms with Gasteiger partial charge in [-0.2, -0.15) is 0 Å². The van der Waals surface area contributed by atoms with Crippen LogP contribution in [0.1, 0.15) is 10.4 Å². The number of fused-ring (bicyclic) bond motifs is 1. The molecule has 2 heterocycles. The van der Waals surface area contributed by atoms with Crippen LogP contribution >= 0.6 is 0 Å². The maximum Gasteiger partial charge on any atom is 0.294 e. The zero-order valence-corrected chi connectivity index (χ0v) is 17.2. The van der Waals surface area contributed by atoms with Crippen LogP contribution in [0.4, 0.5) is 5.69 Å². The van der Waals surface area contributed by atoms with Gasteiger partial charge in [-0.1, -0.05) is 6.07 Å². The molecule has 3 N–H and O–H groups in total. The lowest BCUT2D eigenvalue weighted by atomic mass is 10.1. The van der Waals surface area contributed by atoms with Crippen molar-refractivity contribution in [3.05, 3.63) is 52.3 Å². The van der Waals surface area contributed by atoms with Crippen molar-refractivity contribution in [2.75, 3.05) is 45.3 Å². The number of rotatable bonds is 4. The number of pyridine rings is 1. The van der Waals surface area contributed by atoms with Gasteiger partial charge in [0.25, 0.3) is 11.5 Å².